The van der Waals surface area contributed by atoms with E-state index in [1.54, 1.807) is 13.2 Å². The second kappa shape index (κ2) is 9.52. The summed E-state index contributed by atoms with van der Waals surface area (Å²) in [5.74, 6) is 0.614. The normalized spacial score (nSPS) is 14.5. The minimum atomic E-state index is -0.196. The molecule has 7 heteroatoms. The van der Waals surface area contributed by atoms with E-state index in [0.29, 0.717) is 30.1 Å². The number of carbonyl (C=O) groups excluding carboxylic acids is 2. The van der Waals surface area contributed by atoms with Gasteiger partial charge in [-0.05, 0) is 44.0 Å². The lowest BCUT2D eigenvalue weighted by molar-refractivity contribution is -0.136. The van der Waals surface area contributed by atoms with Crippen molar-refractivity contribution >= 4 is 17.5 Å². The molecule has 2 aromatic rings. The number of rotatable bonds is 6. The molecule has 1 aromatic heterocycles. The first-order valence-corrected chi connectivity index (χ1v) is 9.71. The van der Waals surface area contributed by atoms with Crippen LogP contribution >= 0.6 is 0 Å². The van der Waals surface area contributed by atoms with Gasteiger partial charge in [0, 0.05) is 43.6 Å². The highest BCUT2D eigenvalue weighted by atomic mass is 16.5. The Hall–Kier alpha value is -2.93. The molecule has 0 unspecified atom stereocenters. The molecule has 1 aromatic carbocycles. The average Bonchev–Trinajstić information content (AvgIpc) is 2.74. The minimum absolute atomic E-state index is 0.000794. The smallest absolute Gasteiger partial charge is 0.257 e. The summed E-state index contributed by atoms with van der Waals surface area (Å²) in [6, 6.07) is 10.9. The van der Waals surface area contributed by atoms with Crippen molar-refractivity contribution in [1.29, 1.82) is 0 Å². The number of piperidine rings is 1. The average molecular weight is 397 g/mol. The molecule has 0 spiro atoms. The summed E-state index contributed by atoms with van der Waals surface area (Å²) in [4.78, 5) is 31.5. The molecule has 3 rings (SSSR count). The number of likely N-dealkylation sites (tertiary alicyclic amines) is 1. The molecule has 1 aliphatic heterocycles. The van der Waals surface area contributed by atoms with Crippen LogP contribution in [0.3, 0.4) is 0 Å². The van der Waals surface area contributed by atoms with Gasteiger partial charge >= 0.3 is 0 Å². The highest BCUT2D eigenvalue weighted by Crippen LogP contribution is 2.30. The van der Waals surface area contributed by atoms with Crippen LogP contribution in [0.1, 0.15) is 40.5 Å². The number of pyridine rings is 1. The number of nitrogens with zero attached hydrogens (tertiary/aromatic N) is 2. The second-order valence-electron chi connectivity index (χ2n) is 7.16. The van der Waals surface area contributed by atoms with Gasteiger partial charge in [0.25, 0.3) is 5.91 Å². The van der Waals surface area contributed by atoms with Gasteiger partial charge in [-0.15, -0.1) is 0 Å². The molecule has 0 atom stereocenters. The molecule has 0 radical (unpaired) electrons. The van der Waals surface area contributed by atoms with Crippen molar-refractivity contribution in [3.8, 4) is 5.75 Å². The highest BCUT2D eigenvalue weighted by Gasteiger charge is 2.27. The standard InChI is InChI=1S/C22H27N3O4/c1-15-7-8-19(22(27)24-17-5-4-6-18(13-17)29-3)21(23-15)16-9-11-25(12-10-16)20(26)14-28-2/h4-8,13,16H,9-12,14H2,1-3H3,(H,24,27). The molecule has 1 saturated heterocycles. The first kappa shape index (κ1) is 20.8. The first-order chi connectivity index (χ1) is 14.0. The van der Waals surface area contributed by atoms with E-state index in [9.17, 15) is 9.59 Å². The highest BCUT2D eigenvalue weighted by molar-refractivity contribution is 6.05. The summed E-state index contributed by atoms with van der Waals surface area (Å²) in [5.41, 5.74) is 2.90. The monoisotopic (exact) mass is 397 g/mol. The Balaban J connectivity index is 1.76. The van der Waals surface area contributed by atoms with Crippen molar-refractivity contribution in [2.24, 2.45) is 0 Å². The van der Waals surface area contributed by atoms with Crippen LogP contribution in [0.5, 0.6) is 5.75 Å². The summed E-state index contributed by atoms with van der Waals surface area (Å²) < 4.78 is 10.2. The maximum atomic E-state index is 13.0. The Bertz CT molecular complexity index is 876. The third-order valence-electron chi connectivity index (χ3n) is 5.14. The largest absolute Gasteiger partial charge is 0.497 e. The van der Waals surface area contributed by atoms with Crippen molar-refractivity contribution in [2.75, 3.05) is 39.2 Å². The van der Waals surface area contributed by atoms with Gasteiger partial charge in [0.1, 0.15) is 12.4 Å². The summed E-state index contributed by atoms with van der Waals surface area (Å²) in [7, 11) is 3.11. The maximum absolute atomic E-state index is 13.0. The van der Waals surface area contributed by atoms with E-state index in [4.69, 9.17) is 9.47 Å². The van der Waals surface area contributed by atoms with Gasteiger partial charge in [-0.3, -0.25) is 14.6 Å². The molecular formula is C22H27N3O4. The summed E-state index contributed by atoms with van der Waals surface area (Å²) in [6.45, 7) is 3.30. The number of hydrogen-bond donors (Lipinski definition) is 1. The van der Waals surface area contributed by atoms with Gasteiger partial charge in [-0.1, -0.05) is 6.07 Å². The van der Waals surface area contributed by atoms with Crippen LogP contribution in [-0.2, 0) is 9.53 Å². The zero-order valence-electron chi connectivity index (χ0n) is 17.1. The van der Waals surface area contributed by atoms with Gasteiger partial charge in [0.05, 0.1) is 18.4 Å². The number of methoxy groups -OCH3 is 2. The number of nitrogens with one attached hydrogen (secondary N) is 1. The quantitative estimate of drug-likeness (QED) is 0.810. The zero-order chi connectivity index (χ0) is 20.8. The van der Waals surface area contributed by atoms with E-state index in [-0.39, 0.29) is 24.3 Å². The lowest BCUT2D eigenvalue weighted by Crippen LogP contribution is -2.40. The molecule has 29 heavy (non-hydrogen) atoms. The van der Waals surface area contributed by atoms with Crippen molar-refractivity contribution < 1.29 is 19.1 Å². The molecule has 1 aliphatic rings. The lowest BCUT2D eigenvalue weighted by atomic mass is 9.89. The predicted octanol–water partition coefficient (Wildman–Crippen LogP) is 3.00. The van der Waals surface area contributed by atoms with Crippen LogP contribution in [-0.4, -0.2) is 55.6 Å². The molecule has 1 fully saturated rings. The van der Waals surface area contributed by atoms with E-state index in [0.717, 1.165) is 24.2 Å². The molecule has 2 heterocycles. The van der Waals surface area contributed by atoms with Gasteiger partial charge < -0.3 is 19.7 Å². The SMILES string of the molecule is COCC(=O)N1CCC(c2nc(C)ccc2C(=O)Nc2cccc(OC)c2)CC1. The molecular weight excluding hydrogens is 370 g/mol. The van der Waals surface area contributed by atoms with E-state index in [1.165, 1.54) is 7.11 Å². The number of carbonyl (C=O) groups is 2. The third-order valence-corrected chi connectivity index (χ3v) is 5.14. The van der Waals surface area contributed by atoms with Crippen molar-refractivity contribution in [3.05, 3.63) is 53.3 Å². The maximum Gasteiger partial charge on any atom is 0.257 e. The van der Waals surface area contributed by atoms with Gasteiger partial charge in [0.15, 0.2) is 0 Å². The molecule has 0 saturated carbocycles. The van der Waals surface area contributed by atoms with Crippen LogP contribution in [0.2, 0.25) is 0 Å². The van der Waals surface area contributed by atoms with Gasteiger partial charge in [-0.25, -0.2) is 0 Å². The fourth-order valence-electron chi connectivity index (χ4n) is 3.60. The van der Waals surface area contributed by atoms with Crippen molar-refractivity contribution in [3.63, 3.8) is 0 Å². The lowest BCUT2D eigenvalue weighted by Gasteiger charge is -2.32. The van der Waals surface area contributed by atoms with Crippen molar-refractivity contribution in [2.45, 2.75) is 25.7 Å². The number of aromatic nitrogens is 1. The second-order valence-corrected chi connectivity index (χ2v) is 7.16. The predicted molar refractivity (Wildman–Crippen MR) is 110 cm³/mol. The van der Waals surface area contributed by atoms with Gasteiger partial charge in [0.2, 0.25) is 5.91 Å². The Morgan fingerprint density at radius 2 is 1.93 bits per heavy atom. The fourth-order valence-corrected chi connectivity index (χ4v) is 3.60. The van der Waals surface area contributed by atoms with Crippen LogP contribution in [0, 0.1) is 6.92 Å². The Kier molecular flexibility index (Phi) is 6.82. The van der Waals surface area contributed by atoms with Gasteiger partial charge in [-0.2, -0.15) is 0 Å². The molecule has 154 valence electrons. The van der Waals surface area contributed by atoms with E-state index in [2.05, 4.69) is 10.3 Å². The van der Waals surface area contributed by atoms with E-state index >= 15 is 0 Å². The Labute approximate surface area is 171 Å². The fraction of sp³-hybridized carbons (Fsp3) is 0.409. The number of hydrogen-bond acceptors (Lipinski definition) is 5. The van der Waals surface area contributed by atoms with E-state index in [1.807, 2.05) is 42.2 Å². The van der Waals surface area contributed by atoms with Crippen LogP contribution in [0.4, 0.5) is 5.69 Å². The molecule has 0 bridgehead atoms. The zero-order valence-corrected chi connectivity index (χ0v) is 17.1. The van der Waals surface area contributed by atoms with Crippen molar-refractivity contribution in [1.82, 2.24) is 9.88 Å². The van der Waals surface area contributed by atoms with E-state index < -0.39 is 0 Å². The summed E-state index contributed by atoms with van der Waals surface area (Å²) >= 11 is 0. The van der Waals surface area contributed by atoms with Crippen LogP contribution < -0.4 is 10.1 Å². The number of benzene rings is 1. The molecule has 0 aliphatic carbocycles. The number of anilines is 1. The topological polar surface area (TPSA) is 80.8 Å². The number of aryl methyl sites for hydroxylation is 1. The minimum Gasteiger partial charge on any atom is -0.497 e. The number of amides is 2. The van der Waals surface area contributed by atoms with Crippen LogP contribution in [0.15, 0.2) is 36.4 Å². The number of ether oxygens (including phenoxy) is 2. The molecule has 1 N–H and O–H groups in total. The third kappa shape index (κ3) is 5.12. The summed E-state index contributed by atoms with van der Waals surface area (Å²) in [6.07, 6.45) is 1.54. The molecule has 2 amide bonds. The van der Waals surface area contributed by atoms with Crippen LogP contribution in [0.25, 0.3) is 0 Å². The first-order valence-electron chi connectivity index (χ1n) is 9.71. The molecule has 7 nitrogen and oxygen atoms in total. The Morgan fingerprint density at radius 1 is 1.17 bits per heavy atom. The Morgan fingerprint density at radius 3 is 2.62 bits per heavy atom. The summed E-state index contributed by atoms with van der Waals surface area (Å²) in [5, 5.41) is 2.94.